The van der Waals surface area contributed by atoms with Crippen LogP contribution in [0.25, 0.3) is 0 Å². The second kappa shape index (κ2) is 6.43. The van der Waals surface area contributed by atoms with Crippen molar-refractivity contribution in [2.45, 2.75) is 12.8 Å². The van der Waals surface area contributed by atoms with Crippen molar-refractivity contribution in [1.82, 2.24) is 5.01 Å². The lowest BCUT2D eigenvalue weighted by Crippen LogP contribution is -2.38. The molecule has 1 heterocycles. The third-order valence-corrected chi connectivity index (χ3v) is 5.88. The first-order valence-corrected chi connectivity index (χ1v) is 8.94. The number of halogens is 1. The summed E-state index contributed by atoms with van der Waals surface area (Å²) in [5, 5.41) is 5.58. The smallest absolute Gasteiger partial charge is 0.254 e. The van der Waals surface area contributed by atoms with Gasteiger partial charge in [0.15, 0.2) is 11.5 Å². The number of carbonyl (C=O) groups excluding carboxylic acids is 2. The molecule has 4 aliphatic rings. The van der Waals surface area contributed by atoms with E-state index in [9.17, 15) is 9.59 Å². The third-order valence-electron chi connectivity index (χ3n) is 5.55. The number of allylic oxidation sites excluding steroid dienone is 2. The van der Waals surface area contributed by atoms with E-state index in [1.165, 1.54) is 20.4 Å². The SMILES string of the molecule is COc1cc(Cl)c(/C=N\N2C(=O)[C@@H]3[C@@H](C2=O)[C@H]2C=C[C@H]3CC2)cc1OC. The Kier molecular flexibility index (Phi) is 4.23. The minimum absolute atomic E-state index is 0.145. The standard InChI is InChI=1S/C19H19ClN2O4/c1-25-14-7-12(13(20)8-15(14)26-2)9-21-22-18(23)16-10-3-4-11(6-5-10)17(16)19(22)24/h3-4,7-11,16-17H,5-6H2,1-2H3/b21-9-/t10-,11-,16-,17-/m0/s1. The van der Waals surface area contributed by atoms with Gasteiger partial charge < -0.3 is 9.47 Å². The van der Waals surface area contributed by atoms with E-state index in [2.05, 4.69) is 17.3 Å². The minimum atomic E-state index is -0.274. The van der Waals surface area contributed by atoms with E-state index in [0.717, 1.165) is 17.9 Å². The van der Waals surface area contributed by atoms with Crippen LogP contribution in [0.3, 0.4) is 0 Å². The molecule has 136 valence electrons. The number of fused-ring (bicyclic) bond motifs is 1. The molecule has 3 aliphatic carbocycles. The van der Waals surface area contributed by atoms with Crippen LogP contribution in [-0.2, 0) is 9.59 Å². The van der Waals surface area contributed by atoms with Gasteiger partial charge in [0, 0.05) is 11.6 Å². The van der Waals surface area contributed by atoms with Crippen molar-refractivity contribution in [2.24, 2.45) is 28.8 Å². The fourth-order valence-corrected chi connectivity index (χ4v) is 4.46. The molecule has 2 fully saturated rings. The Morgan fingerprint density at radius 3 is 2.08 bits per heavy atom. The lowest BCUT2D eigenvalue weighted by molar-refractivity contribution is -0.140. The fourth-order valence-electron chi connectivity index (χ4n) is 4.26. The molecule has 6 nitrogen and oxygen atoms in total. The molecule has 5 rings (SSSR count). The summed E-state index contributed by atoms with van der Waals surface area (Å²) in [7, 11) is 3.04. The van der Waals surface area contributed by atoms with E-state index in [1.54, 1.807) is 12.1 Å². The van der Waals surface area contributed by atoms with Gasteiger partial charge in [0.25, 0.3) is 11.8 Å². The summed E-state index contributed by atoms with van der Waals surface area (Å²) in [6, 6.07) is 3.27. The first-order chi connectivity index (χ1) is 12.5. The Morgan fingerprint density at radius 2 is 1.58 bits per heavy atom. The van der Waals surface area contributed by atoms with Gasteiger partial charge in [-0.25, -0.2) is 0 Å². The number of imide groups is 1. The highest BCUT2D eigenvalue weighted by molar-refractivity contribution is 6.33. The minimum Gasteiger partial charge on any atom is -0.493 e. The average Bonchev–Trinajstić information content (AvgIpc) is 2.94. The Balaban J connectivity index is 1.62. The molecule has 0 N–H and O–H groups in total. The summed E-state index contributed by atoms with van der Waals surface area (Å²) in [6.45, 7) is 0. The van der Waals surface area contributed by atoms with Gasteiger partial charge in [0.05, 0.1) is 37.3 Å². The number of carbonyl (C=O) groups is 2. The van der Waals surface area contributed by atoms with E-state index in [0.29, 0.717) is 22.1 Å². The van der Waals surface area contributed by atoms with Crippen molar-refractivity contribution in [3.8, 4) is 11.5 Å². The molecule has 1 aliphatic heterocycles. The van der Waals surface area contributed by atoms with Crippen LogP contribution in [0.5, 0.6) is 11.5 Å². The molecular weight excluding hydrogens is 356 g/mol. The molecule has 4 atom stereocenters. The molecular formula is C19H19ClN2O4. The van der Waals surface area contributed by atoms with Crippen LogP contribution in [0.1, 0.15) is 18.4 Å². The Hall–Kier alpha value is -2.34. The third kappa shape index (κ3) is 2.51. The van der Waals surface area contributed by atoms with Gasteiger partial charge in [-0.3, -0.25) is 9.59 Å². The predicted molar refractivity (Wildman–Crippen MR) is 96.3 cm³/mol. The quantitative estimate of drug-likeness (QED) is 0.461. The van der Waals surface area contributed by atoms with Crippen molar-refractivity contribution in [1.29, 1.82) is 0 Å². The van der Waals surface area contributed by atoms with Gasteiger partial charge in [0.1, 0.15) is 0 Å². The monoisotopic (exact) mass is 374 g/mol. The Bertz CT molecular complexity index is 803. The zero-order chi connectivity index (χ0) is 18.4. The van der Waals surface area contributed by atoms with Gasteiger partial charge >= 0.3 is 0 Å². The number of hydrogen-bond donors (Lipinski definition) is 0. The topological polar surface area (TPSA) is 68.2 Å². The van der Waals surface area contributed by atoms with E-state index in [4.69, 9.17) is 21.1 Å². The summed E-state index contributed by atoms with van der Waals surface area (Å²) >= 11 is 6.25. The number of ether oxygens (including phenoxy) is 2. The zero-order valence-corrected chi connectivity index (χ0v) is 15.3. The predicted octanol–water partition coefficient (Wildman–Crippen LogP) is 2.89. The fraction of sp³-hybridized carbons (Fsp3) is 0.421. The van der Waals surface area contributed by atoms with Crippen LogP contribution in [0.2, 0.25) is 5.02 Å². The van der Waals surface area contributed by atoms with Gasteiger partial charge in [-0.2, -0.15) is 10.1 Å². The lowest BCUT2D eigenvalue weighted by Gasteiger charge is -2.37. The molecule has 0 unspecified atom stereocenters. The molecule has 2 amide bonds. The normalized spacial score (nSPS) is 29.6. The highest BCUT2D eigenvalue weighted by atomic mass is 35.5. The maximum atomic E-state index is 12.7. The van der Waals surface area contributed by atoms with Crippen molar-refractivity contribution in [2.75, 3.05) is 14.2 Å². The van der Waals surface area contributed by atoms with E-state index < -0.39 is 0 Å². The molecule has 0 spiro atoms. The molecule has 1 aromatic carbocycles. The van der Waals surface area contributed by atoms with Gasteiger partial charge in [-0.15, -0.1) is 0 Å². The highest BCUT2D eigenvalue weighted by Crippen LogP contribution is 2.49. The van der Waals surface area contributed by atoms with Gasteiger partial charge in [-0.1, -0.05) is 23.8 Å². The molecule has 2 bridgehead atoms. The number of methoxy groups -OCH3 is 2. The van der Waals surface area contributed by atoms with Crippen LogP contribution in [-0.4, -0.2) is 37.3 Å². The molecule has 1 saturated heterocycles. The van der Waals surface area contributed by atoms with Crippen LogP contribution in [0.4, 0.5) is 0 Å². The number of amides is 2. The number of rotatable bonds is 4. The number of benzene rings is 1. The van der Waals surface area contributed by atoms with Crippen molar-refractivity contribution in [3.63, 3.8) is 0 Å². The van der Waals surface area contributed by atoms with Crippen LogP contribution < -0.4 is 9.47 Å². The van der Waals surface area contributed by atoms with E-state index in [-0.39, 0.29) is 35.5 Å². The molecule has 1 saturated carbocycles. The summed E-state index contributed by atoms with van der Waals surface area (Å²) in [5.41, 5.74) is 0.542. The van der Waals surface area contributed by atoms with Crippen LogP contribution in [0, 0.1) is 23.7 Å². The Labute approximate surface area is 156 Å². The molecule has 0 radical (unpaired) electrons. The van der Waals surface area contributed by atoms with Crippen molar-refractivity contribution < 1.29 is 19.1 Å². The number of hydrogen-bond acceptors (Lipinski definition) is 5. The summed E-state index contributed by atoms with van der Waals surface area (Å²) < 4.78 is 10.5. The second-order valence-electron chi connectivity index (χ2n) is 6.80. The number of nitrogens with zero attached hydrogens (tertiary/aromatic N) is 2. The summed E-state index contributed by atoms with van der Waals surface area (Å²) in [4.78, 5) is 25.5. The maximum Gasteiger partial charge on any atom is 0.254 e. The van der Waals surface area contributed by atoms with Crippen molar-refractivity contribution in [3.05, 3.63) is 34.9 Å². The number of hydrazone groups is 1. The summed E-state index contributed by atoms with van der Waals surface area (Å²) in [6.07, 6.45) is 7.51. The molecule has 1 aromatic rings. The Morgan fingerprint density at radius 1 is 1.04 bits per heavy atom. The van der Waals surface area contributed by atoms with Gasteiger partial charge in [-0.05, 0) is 30.7 Å². The van der Waals surface area contributed by atoms with Gasteiger partial charge in [0.2, 0.25) is 0 Å². The van der Waals surface area contributed by atoms with Crippen molar-refractivity contribution >= 4 is 29.6 Å². The maximum absolute atomic E-state index is 12.7. The lowest BCUT2D eigenvalue weighted by atomic mass is 9.63. The molecule has 0 aromatic heterocycles. The first kappa shape index (κ1) is 17.1. The van der Waals surface area contributed by atoms with Crippen LogP contribution >= 0.6 is 11.6 Å². The molecule has 7 heteroatoms. The van der Waals surface area contributed by atoms with Crippen LogP contribution in [0.15, 0.2) is 29.4 Å². The van der Waals surface area contributed by atoms with E-state index >= 15 is 0 Å². The highest BCUT2D eigenvalue weighted by Gasteiger charge is 2.56. The largest absolute Gasteiger partial charge is 0.493 e. The van der Waals surface area contributed by atoms with E-state index in [1.807, 2.05) is 0 Å². The first-order valence-electron chi connectivity index (χ1n) is 8.56. The zero-order valence-electron chi connectivity index (χ0n) is 14.5. The second-order valence-corrected chi connectivity index (χ2v) is 7.21. The average molecular weight is 375 g/mol. The summed E-state index contributed by atoms with van der Waals surface area (Å²) in [5.74, 6) is 0.301. The molecule has 26 heavy (non-hydrogen) atoms.